The van der Waals surface area contributed by atoms with Gasteiger partial charge in [0.1, 0.15) is 12.0 Å². The first-order valence-corrected chi connectivity index (χ1v) is 6.12. The average molecular weight is 266 g/mol. The number of nitro groups is 1. The van der Waals surface area contributed by atoms with E-state index >= 15 is 0 Å². The quantitative estimate of drug-likeness (QED) is 0.604. The summed E-state index contributed by atoms with van der Waals surface area (Å²) in [5.41, 5.74) is -0.00644. The Bertz CT molecular complexity index is 474. The van der Waals surface area contributed by atoms with Crippen LogP contribution in [-0.4, -0.2) is 28.9 Å². The molecule has 7 heteroatoms. The van der Waals surface area contributed by atoms with E-state index in [-0.39, 0.29) is 17.2 Å². The molecule has 1 aromatic rings. The first kappa shape index (κ1) is 14.9. The summed E-state index contributed by atoms with van der Waals surface area (Å²) >= 11 is 0. The number of nitrogens with zero attached hydrogens (tertiary/aromatic N) is 2. The summed E-state index contributed by atoms with van der Waals surface area (Å²) in [5.74, 6) is 0.299. The highest BCUT2D eigenvalue weighted by molar-refractivity contribution is 5.99. The molecule has 0 aliphatic heterocycles. The van der Waals surface area contributed by atoms with Gasteiger partial charge in [-0.05, 0) is 12.8 Å². The Morgan fingerprint density at radius 1 is 1.53 bits per heavy atom. The minimum absolute atomic E-state index is 0.191. The van der Waals surface area contributed by atoms with Gasteiger partial charge in [-0.1, -0.05) is 13.8 Å². The summed E-state index contributed by atoms with van der Waals surface area (Å²) in [6.45, 7) is 6.88. The van der Waals surface area contributed by atoms with E-state index in [2.05, 4.69) is 15.6 Å². The number of hydrogen-bond donors (Lipinski definition) is 2. The molecule has 0 aliphatic carbocycles. The van der Waals surface area contributed by atoms with E-state index in [1.807, 2.05) is 20.8 Å². The van der Waals surface area contributed by atoms with Gasteiger partial charge in [0.05, 0.1) is 10.5 Å². The summed E-state index contributed by atoms with van der Waals surface area (Å²) < 4.78 is 0. The molecule has 1 aromatic heterocycles. The Balaban J connectivity index is 3.02. The van der Waals surface area contributed by atoms with Crippen LogP contribution in [0.4, 0.5) is 11.5 Å². The highest BCUT2D eigenvalue weighted by atomic mass is 16.6. The highest BCUT2D eigenvalue weighted by Crippen LogP contribution is 2.19. The van der Waals surface area contributed by atoms with Crippen LogP contribution >= 0.6 is 0 Å². The lowest BCUT2D eigenvalue weighted by Crippen LogP contribution is -2.28. The fraction of sp³-hybridized carbons (Fsp3) is 0.500. The molecule has 1 amide bonds. The standard InChI is InChI=1S/C12H18N4O3/c1-4-13-11-10(12(17)15-6-8(2)3)5-9(7-14-11)16(18)19/h5,7-8H,4,6H2,1-3H3,(H,13,14)(H,15,17). The molecule has 2 N–H and O–H groups in total. The zero-order valence-electron chi connectivity index (χ0n) is 11.3. The highest BCUT2D eigenvalue weighted by Gasteiger charge is 2.17. The summed E-state index contributed by atoms with van der Waals surface area (Å²) in [6, 6.07) is 1.24. The summed E-state index contributed by atoms with van der Waals surface area (Å²) in [5, 5.41) is 16.4. The van der Waals surface area contributed by atoms with Crippen molar-refractivity contribution in [3.05, 3.63) is 27.9 Å². The lowest BCUT2D eigenvalue weighted by Gasteiger charge is -2.11. The second-order valence-corrected chi connectivity index (χ2v) is 4.48. The Morgan fingerprint density at radius 2 is 2.21 bits per heavy atom. The molecule has 0 atom stereocenters. The van der Waals surface area contributed by atoms with Gasteiger partial charge in [-0.2, -0.15) is 0 Å². The van der Waals surface area contributed by atoms with E-state index < -0.39 is 4.92 Å². The zero-order valence-corrected chi connectivity index (χ0v) is 11.3. The topological polar surface area (TPSA) is 97.2 Å². The maximum absolute atomic E-state index is 12.0. The number of anilines is 1. The predicted molar refractivity (Wildman–Crippen MR) is 72.2 cm³/mol. The van der Waals surface area contributed by atoms with Crippen LogP contribution < -0.4 is 10.6 Å². The van der Waals surface area contributed by atoms with Gasteiger partial charge < -0.3 is 10.6 Å². The number of rotatable bonds is 6. The van der Waals surface area contributed by atoms with E-state index in [4.69, 9.17) is 0 Å². The van der Waals surface area contributed by atoms with Gasteiger partial charge in [-0.15, -0.1) is 0 Å². The number of amides is 1. The van der Waals surface area contributed by atoms with Crippen molar-refractivity contribution in [3.63, 3.8) is 0 Å². The number of carbonyl (C=O) groups is 1. The molecule has 0 saturated carbocycles. The predicted octanol–water partition coefficient (Wildman–Crippen LogP) is 1.81. The molecule has 0 unspecified atom stereocenters. The first-order valence-electron chi connectivity index (χ1n) is 6.12. The molecule has 0 fully saturated rings. The molecule has 1 heterocycles. The van der Waals surface area contributed by atoms with Crippen LogP contribution in [0.5, 0.6) is 0 Å². The maximum atomic E-state index is 12.0. The number of pyridine rings is 1. The van der Waals surface area contributed by atoms with Crippen molar-refractivity contribution < 1.29 is 9.72 Å². The van der Waals surface area contributed by atoms with Crippen molar-refractivity contribution >= 4 is 17.4 Å². The summed E-state index contributed by atoms with van der Waals surface area (Å²) in [7, 11) is 0. The van der Waals surface area contributed by atoms with E-state index in [0.717, 1.165) is 6.20 Å². The van der Waals surface area contributed by atoms with Crippen LogP contribution in [0, 0.1) is 16.0 Å². The second kappa shape index (κ2) is 6.67. The zero-order chi connectivity index (χ0) is 14.4. The van der Waals surface area contributed by atoms with Gasteiger partial charge in [-0.25, -0.2) is 4.98 Å². The van der Waals surface area contributed by atoms with E-state index in [0.29, 0.717) is 24.8 Å². The van der Waals surface area contributed by atoms with Gasteiger partial charge in [0.25, 0.3) is 11.6 Å². The molecule has 0 spiro atoms. The second-order valence-electron chi connectivity index (χ2n) is 4.48. The number of hydrogen-bond acceptors (Lipinski definition) is 5. The van der Waals surface area contributed by atoms with Gasteiger partial charge in [0.2, 0.25) is 0 Å². The third-order valence-corrected chi connectivity index (χ3v) is 2.34. The van der Waals surface area contributed by atoms with Gasteiger partial charge in [-0.3, -0.25) is 14.9 Å². The minimum Gasteiger partial charge on any atom is -0.370 e. The van der Waals surface area contributed by atoms with Crippen LogP contribution in [0.3, 0.4) is 0 Å². The number of carbonyl (C=O) groups excluding carboxylic acids is 1. The Morgan fingerprint density at radius 3 is 2.74 bits per heavy atom. The van der Waals surface area contributed by atoms with Gasteiger partial charge >= 0.3 is 0 Å². The molecule has 7 nitrogen and oxygen atoms in total. The molecular weight excluding hydrogens is 248 g/mol. The molecular formula is C12H18N4O3. The van der Waals surface area contributed by atoms with Gasteiger partial charge in [0.15, 0.2) is 0 Å². The average Bonchev–Trinajstić information content (AvgIpc) is 2.36. The van der Waals surface area contributed by atoms with Gasteiger partial charge in [0, 0.05) is 19.2 Å². The summed E-state index contributed by atoms with van der Waals surface area (Å²) in [4.78, 5) is 26.1. The molecule has 0 bridgehead atoms. The molecule has 104 valence electrons. The molecule has 0 radical (unpaired) electrons. The molecule has 19 heavy (non-hydrogen) atoms. The van der Waals surface area contributed by atoms with Crippen molar-refractivity contribution in [3.8, 4) is 0 Å². The SMILES string of the molecule is CCNc1ncc([N+](=O)[O-])cc1C(=O)NCC(C)C. The molecule has 0 aromatic carbocycles. The van der Waals surface area contributed by atoms with Crippen LogP contribution in [0.1, 0.15) is 31.1 Å². The largest absolute Gasteiger partial charge is 0.370 e. The third-order valence-electron chi connectivity index (χ3n) is 2.34. The smallest absolute Gasteiger partial charge is 0.288 e. The molecule has 0 saturated heterocycles. The summed E-state index contributed by atoms with van der Waals surface area (Å²) in [6.07, 6.45) is 1.14. The van der Waals surface area contributed by atoms with E-state index in [1.165, 1.54) is 6.07 Å². The fourth-order valence-corrected chi connectivity index (χ4v) is 1.43. The molecule has 0 aliphatic rings. The number of aromatic nitrogens is 1. The van der Waals surface area contributed by atoms with Crippen LogP contribution in [0.25, 0.3) is 0 Å². The lowest BCUT2D eigenvalue weighted by molar-refractivity contribution is -0.385. The van der Waals surface area contributed by atoms with Crippen molar-refractivity contribution in [2.45, 2.75) is 20.8 Å². The first-order chi connectivity index (χ1) is 8.95. The van der Waals surface area contributed by atoms with Crippen molar-refractivity contribution in [2.75, 3.05) is 18.4 Å². The van der Waals surface area contributed by atoms with Crippen LogP contribution in [0.2, 0.25) is 0 Å². The number of nitrogens with one attached hydrogen (secondary N) is 2. The minimum atomic E-state index is -0.568. The molecule has 1 rings (SSSR count). The van der Waals surface area contributed by atoms with Crippen molar-refractivity contribution in [1.82, 2.24) is 10.3 Å². The van der Waals surface area contributed by atoms with E-state index in [9.17, 15) is 14.9 Å². The van der Waals surface area contributed by atoms with Crippen LogP contribution in [0.15, 0.2) is 12.3 Å². The Hall–Kier alpha value is -2.18. The van der Waals surface area contributed by atoms with Crippen molar-refractivity contribution in [2.24, 2.45) is 5.92 Å². The van der Waals surface area contributed by atoms with E-state index in [1.54, 1.807) is 0 Å². The Kier molecular flexibility index (Phi) is 5.23. The Labute approximate surface area is 111 Å². The van der Waals surface area contributed by atoms with Crippen molar-refractivity contribution in [1.29, 1.82) is 0 Å². The van der Waals surface area contributed by atoms with Crippen LogP contribution in [-0.2, 0) is 0 Å². The fourth-order valence-electron chi connectivity index (χ4n) is 1.43. The maximum Gasteiger partial charge on any atom is 0.288 e. The monoisotopic (exact) mass is 266 g/mol. The lowest BCUT2D eigenvalue weighted by atomic mass is 10.2. The third kappa shape index (κ3) is 4.20. The normalized spacial score (nSPS) is 10.3.